The van der Waals surface area contributed by atoms with Crippen LogP contribution < -0.4 is 4.74 Å². The van der Waals surface area contributed by atoms with E-state index in [-0.39, 0.29) is 12.4 Å². The van der Waals surface area contributed by atoms with Gasteiger partial charge in [0.25, 0.3) is 0 Å². The van der Waals surface area contributed by atoms with Crippen molar-refractivity contribution in [2.75, 3.05) is 6.61 Å². The topological polar surface area (TPSA) is 72.8 Å². The van der Waals surface area contributed by atoms with E-state index in [9.17, 15) is 14.0 Å². The van der Waals surface area contributed by atoms with Gasteiger partial charge in [-0.3, -0.25) is 9.59 Å². The minimum absolute atomic E-state index is 0.187. The summed E-state index contributed by atoms with van der Waals surface area (Å²) in [6.45, 7) is 2.23. The lowest BCUT2D eigenvalue weighted by Crippen LogP contribution is -2.25. The molecule has 0 fully saturated rings. The van der Waals surface area contributed by atoms with Gasteiger partial charge in [0.1, 0.15) is 18.2 Å². The smallest absolute Gasteiger partial charge is 0.320 e. The van der Waals surface area contributed by atoms with Gasteiger partial charge in [0, 0.05) is 0 Å². The first-order valence-corrected chi connectivity index (χ1v) is 9.85. The van der Waals surface area contributed by atoms with E-state index in [4.69, 9.17) is 14.6 Å². The third-order valence-corrected chi connectivity index (χ3v) is 4.57. The highest BCUT2D eigenvalue weighted by Gasteiger charge is 2.26. The number of hydrogen-bond acceptors (Lipinski definition) is 4. The van der Waals surface area contributed by atoms with Gasteiger partial charge in [-0.25, -0.2) is 4.39 Å². The number of hydrogen-bond donors (Lipinski definition) is 1. The van der Waals surface area contributed by atoms with Gasteiger partial charge in [0.05, 0.1) is 6.61 Å². The number of benzene rings is 2. The van der Waals surface area contributed by atoms with E-state index in [0.29, 0.717) is 19.4 Å². The molecule has 0 saturated carbocycles. The number of halogens is 1. The zero-order valence-electron chi connectivity index (χ0n) is 16.6. The van der Waals surface area contributed by atoms with Crippen LogP contribution in [0.25, 0.3) is 0 Å². The Kier molecular flexibility index (Phi) is 9.15. The Bertz CT molecular complexity index is 771. The molecule has 0 amide bonds. The predicted molar refractivity (Wildman–Crippen MR) is 107 cm³/mol. The van der Waals surface area contributed by atoms with Crippen LogP contribution in [0, 0.1) is 11.7 Å². The summed E-state index contributed by atoms with van der Waals surface area (Å²) in [5.41, 5.74) is 2.07. The van der Waals surface area contributed by atoms with Crippen molar-refractivity contribution in [3.8, 4) is 5.75 Å². The molecule has 0 bridgehead atoms. The highest BCUT2D eigenvalue weighted by molar-refractivity contribution is 5.93. The van der Waals surface area contributed by atoms with E-state index in [1.165, 1.54) is 17.7 Å². The molecule has 2 aromatic rings. The van der Waals surface area contributed by atoms with Crippen molar-refractivity contribution in [3.63, 3.8) is 0 Å². The van der Waals surface area contributed by atoms with E-state index in [0.717, 1.165) is 30.6 Å². The summed E-state index contributed by atoms with van der Waals surface area (Å²) in [6.07, 6.45) is 3.57. The predicted octanol–water partition coefficient (Wildman–Crippen LogP) is 4.77. The molecule has 0 aliphatic rings. The van der Waals surface area contributed by atoms with Crippen LogP contribution in [0.15, 0.2) is 48.5 Å². The number of carboxylic acids is 1. The van der Waals surface area contributed by atoms with Gasteiger partial charge in [0.2, 0.25) is 0 Å². The lowest BCUT2D eigenvalue weighted by Gasteiger charge is -2.11. The molecule has 0 aromatic heterocycles. The Balaban J connectivity index is 1.68. The first-order chi connectivity index (χ1) is 14.0. The zero-order valence-corrected chi connectivity index (χ0v) is 16.6. The van der Waals surface area contributed by atoms with E-state index < -0.39 is 17.9 Å². The van der Waals surface area contributed by atoms with Crippen LogP contribution in [0.4, 0.5) is 4.39 Å². The molecule has 2 aromatic carbocycles. The summed E-state index contributed by atoms with van der Waals surface area (Å²) >= 11 is 0. The van der Waals surface area contributed by atoms with Crippen LogP contribution in [-0.2, 0) is 27.4 Å². The fourth-order valence-corrected chi connectivity index (χ4v) is 2.94. The quantitative estimate of drug-likeness (QED) is 0.314. The van der Waals surface area contributed by atoms with Gasteiger partial charge in [-0.1, -0.05) is 37.1 Å². The number of esters is 1. The van der Waals surface area contributed by atoms with E-state index in [1.807, 2.05) is 24.3 Å². The van der Waals surface area contributed by atoms with Crippen LogP contribution >= 0.6 is 0 Å². The number of carbonyl (C=O) groups excluding carboxylic acids is 1. The van der Waals surface area contributed by atoms with Gasteiger partial charge >= 0.3 is 11.9 Å². The molecule has 0 spiro atoms. The summed E-state index contributed by atoms with van der Waals surface area (Å²) < 4.78 is 23.4. The minimum Gasteiger partial charge on any atom is -0.489 e. The maximum absolute atomic E-state index is 12.9. The van der Waals surface area contributed by atoms with E-state index in [1.54, 1.807) is 19.1 Å². The van der Waals surface area contributed by atoms with Gasteiger partial charge in [0.15, 0.2) is 5.92 Å². The lowest BCUT2D eigenvalue weighted by molar-refractivity contribution is -0.158. The molecule has 0 saturated heterocycles. The zero-order chi connectivity index (χ0) is 21.1. The maximum atomic E-state index is 12.9. The van der Waals surface area contributed by atoms with Gasteiger partial charge in [-0.15, -0.1) is 0 Å². The van der Waals surface area contributed by atoms with Crippen LogP contribution in [0.2, 0.25) is 0 Å². The van der Waals surface area contributed by atoms with Crippen LogP contribution in [0.3, 0.4) is 0 Å². The number of rotatable bonds is 12. The van der Waals surface area contributed by atoms with E-state index in [2.05, 4.69) is 0 Å². The monoisotopic (exact) mass is 402 g/mol. The Morgan fingerprint density at radius 1 is 0.966 bits per heavy atom. The SMILES string of the molecule is CCOC(=O)C(CCCCCc1ccc(OCc2ccc(F)cc2)cc1)C(=O)O. The van der Waals surface area contributed by atoms with Crippen LogP contribution in [0.5, 0.6) is 5.75 Å². The molecule has 0 aliphatic heterocycles. The van der Waals surface area contributed by atoms with Crippen molar-refractivity contribution in [1.29, 1.82) is 0 Å². The fourth-order valence-electron chi connectivity index (χ4n) is 2.94. The minimum atomic E-state index is -1.13. The first kappa shape index (κ1) is 22.4. The first-order valence-electron chi connectivity index (χ1n) is 9.85. The lowest BCUT2D eigenvalue weighted by atomic mass is 9.99. The van der Waals surface area contributed by atoms with Crippen LogP contribution in [0.1, 0.15) is 43.7 Å². The molecule has 29 heavy (non-hydrogen) atoms. The molecule has 5 nitrogen and oxygen atoms in total. The molecule has 1 unspecified atom stereocenters. The molecule has 2 rings (SSSR count). The normalized spacial score (nSPS) is 11.7. The van der Waals surface area contributed by atoms with Gasteiger partial charge in [-0.2, -0.15) is 0 Å². The average molecular weight is 402 g/mol. The summed E-state index contributed by atoms with van der Waals surface area (Å²) in [4.78, 5) is 22.8. The molecule has 0 radical (unpaired) electrons. The highest BCUT2D eigenvalue weighted by atomic mass is 19.1. The summed E-state index contributed by atoms with van der Waals surface area (Å²) in [7, 11) is 0. The molecule has 0 heterocycles. The summed E-state index contributed by atoms with van der Waals surface area (Å²) in [5, 5.41) is 9.13. The van der Waals surface area contributed by atoms with Crippen molar-refractivity contribution < 1.29 is 28.6 Å². The Morgan fingerprint density at radius 3 is 2.24 bits per heavy atom. The number of carboxylic acid groups (broad SMARTS) is 1. The average Bonchev–Trinajstić information content (AvgIpc) is 2.71. The second kappa shape index (κ2) is 11.8. The number of aryl methyl sites for hydroxylation is 1. The molecule has 1 atom stereocenters. The third-order valence-electron chi connectivity index (χ3n) is 4.57. The van der Waals surface area contributed by atoms with Crippen molar-refractivity contribution >= 4 is 11.9 Å². The molecule has 0 aliphatic carbocycles. The Hall–Kier alpha value is -2.89. The van der Waals surface area contributed by atoms with E-state index >= 15 is 0 Å². The molecular weight excluding hydrogens is 375 g/mol. The molecule has 6 heteroatoms. The molecular formula is C23H27FO5. The number of unbranched alkanes of at least 4 members (excludes halogenated alkanes) is 2. The number of aliphatic carboxylic acids is 1. The third kappa shape index (κ3) is 7.94. The largest absolute Gasteiger partial charge is 0.489 e. The van der Waals surface area contributed by atoms with Crippen molar-refractivity contribution in [3.05, 3.63) is 65.5 Å². The van der Waals surface area contributed by atoms with Gasteiger partial charge < -0.3 is 14.6 Å². The second-order valence-electron chi connectivity index (χ2n) is 6.80. The van der Waals surface area contributed by atoms with Crippen LogP contribution in [-0.4, -0.2) is 23.7 Å². The number of carbonyl (C=O) groups is 2. The molecule has 156 valence electrons. The number of ether oxygens (including phenoxy) is 2. The van der Waals surface area contributed by atoms with Crippen molar-refractivity contribution in [2.24, 2.45) is 5.92 Å². The maximum Gasteiger partial charge on any atom is 0.320 e. The highest BCUT2D eigenvalue weighted by Crippen LogP contribution is 2.18. The second-order valence-corrected chi connectivity index (χ2v) is 6.80. The Labute approximate surface area is 170 Å². The summed E-state index contributed by atoms with van der Waals surface area (Å²) in [6, 6.07) is 14.0. The van der Waals surface area contributed by atoms with Gasteiger partial charge in [-0.05, 0) is 61.6 Å². The fraction of sp³-hybridized carbons (Fsp3) is 0.391. The van der Waals surface area contributed by atoms with Crippen molar-refractivity contribution in [1.82, 2.24) is 0 Å². The Morgan fingerprint density at radius 2 is 1.62 bits per heavy atom. The standard InChI is InChI=1S/C23H27FO5/c1-2-28-23(27)21(22(25)26)7-5-3-4-6-17-10-14-20(15-11-17)29-16-18-8-12-19(24)13-9-18/h8-15,21H,2-7,16H2,1H3,(H,25,26). The molecule has 1 N–H and O–H groups in total. The summed E-state index contributed by atoms with van der Waals surface area (Å²) in [5.74, 6) is -2.38. The van der Waals surface area contributed by atoms with Crippen molar-refractivity contribution in [2.45, 2.75) is 45.6 Å².